The van der Waals surface area contributed by atoms with Crippen LogP contribution in [0.3, 0.4) is 0 Å². The molecule has 8 heteroatoms. The summed E-state index contributed by atoms with van der Waals surface area (Å²) in [5.41, 5.74) is 0.535. The van der Waals surface area contributed by atoms with Gasteiger partial charge in [0.15, 0.2) is 0 Å². The summed E-state index contributed by atoms with van der Waals surface area (Å²) < 4.78 is 12.8. The van der Waals surface area contributed by atoms with Crippen molar-refractivity contribution in [3.8, 4) is 0 Å². The van der Waals surface area contributed by atoms with E-state index in [2.05, 4.69) is 10.6 Å². The lowest BCUT2D eigenvalue weighted by Gasteiger charge is -2.29. The number of rotatable bonds is 5. The molecule has 0 radical (unpaired) electrons. The van der Waals surface area contributed by atoms with Gasteiger partial charge in [-0.15, -0.1) is 12.4 Å². The van der Waals surface area contributed by atoms with Gasteiger partial charge in [0.05, 0.1) is 13.1 Å². The summed E-state index contributed by atoms with van der Waals surface area (Å²) in [5.74, 6) is -0.558. The van der Waals surface area contributed by atoms with Crippen LogP contribution >= 0.6 is 12.4 Å². The van der Waals surface area contributed by atoms with Crippen molar-refractivity contribution in [2.75, 3.05) is 51.6 Å². The monoisotopic (exact) mass is 344 g/mol. The van der Waals surface area contributed by atoms with Crippen LogP contribution in [0.1, 0.15) is 0 Å². The molecule has 0 unspecified atom stereocenters. The van der Waals surface area contributed by atoms with Gasteiger partial charge in [-0.1, -0.05) is 0 Å². The Hall–Kier alpha value is -1.70. The molecule has 0 spiro atoms. The van der Waals surface area contributed by atoms with E-state index in [-0.39, 0.29) is 43.1 Å². The van der Waals surface area contributed by atoms with Gasteiger partial charge in [-0.05, 0) is 31.3 Å². The number of benzene rings is 1. The molecule has 128 valence electrons. The Kier molecular flexibility index (Phi) is 7.94. The number of carbonyl (C=O) groups is 2. The average Bonchev–Trinajstić information content (AvgIpc) is 2.50. The first-order valence-corrected chi connectivity index (χ1v) is 7.27. The second kappa shape index (κ2) is 9.44. The van der Waals surface area contributed by atoms with Crippen LogP contribution in [0.4, 0.5) is 10.1 Å². The fraction of sp³-hybridized carbons (Fsp3) is 0.467. The molecule has 0 atom stereocenters. The van der Waals surface area contributed by atoms with Gasteiger partial charge in [0, 0.05) is 31.9 Å². The molecule has 23 heavy (non-hydrogen) atoms. The van der Waals surface area contributed by atoms with E-state index in [1.54, 1.807) is 16.8 Å². The Morgan fingerprint density at radius 3 is 2.43 bits per heavy atom. The van der Waals surface area contributed by atoms with Crippen molar-refractivity contribution in [2.45, 2.75) is 0 Å². The molecule has 2 rings (SSSR count). The van der Waals surface area contributed by atoms with E-state index in [0.717, 1.165) is 13.1 Å². The number of likely N-dealkylation sites (N-methyl/N-ethyl adjacent to an activating group) is 1. The standard InChI is InChI=1S/C15H21FN4O2.ClH/c1-19(11-15(22)20-8-6-17-7-9-20)10-14(21)18-13-4-2-12(16)3-5-13;/h2-5,17H,6-11H2,1H3,(H,18,21);1H. The van der Waals surface area contributed by atoms with E-state index in [1.807, 2.05) is 0 Å². The van der Waals surface area contributed by atoms with Gasteiger partial charge in [-0.2, -0.15) is 0 Å². The molecule has 0 aliphatic carbocycles. The van der Waals surface area contributed by atoms with Crippen molar-refractivity contribution in [1.29, 1.82) is 0 Å². The molecule has 1 aliphatic rings. The Balaban J connectivity index is 0.00000264. The second-order valence-electron chi connectivity index (χ2n) is 5.36. The third kappa shape index (κ3) is 6.52. The largest absolute Gasteiger partial charge is 0.339 e. The lowest BCUT2D eigenvalue weighted by Crippen LogP contribution is -2.49. The highest BCUT2D eigenvalue weighted by molar-refractivity contribution is 5.92. The number of amides is 2. The maximum absolute atomic E-state index is 12.8. The second-order valence-corrected chi connectivity index (χ2v) is 5.36. The number of nitrogens with zero attached hydrogens (tertiary/aromatic N) is 2. The maximum Gasteiger partial charge on any atom is 0.238 e. The summed E-state index contributed by atoms with van der Waals surface area (Å²) in [5, 5.41) is 5.86. The Morgan fingerprint density at radius 1 is 1.22 bits per heavy atom. The molecule has 6 nitrogen and oxygen atoms in total. The first-order valence-electron chi connectivity index (χ1n) is 7.27. The van der Waals surface area contributed by atoms with Crippen LogP contribution in [0, 0.1) is 5.82 Å². The van der Waals surface area contributed by atoms with Crippen LogP contribution < -0.4 is 10.6 Å². The first kappa shape index (κ1) is 19.3. The molecule has 1 aliphatic heterocycles. The molecule has 1 heterocycles. The van der Waals surface area contributed by atoms with Crippen molar-refractivity contribution >= 4 is 29.9 Å². The van der Waals surface area contributed by atoms with E-state index in [4.69, 9.17) is 0 Å². The summed E-state index contributed by atoms with van der Waals surface area (Å²) in [6, 6.07) is 5.57. The van der Waals surface area contributed by atoms with E-state index < -0.39 is 0 Å². The molecule has 0 saturated carbocycles. The van der Waals surface area contributed by atoms with Crippen LogP contribution in [-0.2, 0) is 9.59 Å². The number of nitrogens with one attached hydrogen (secondary N) is 2. The number of piperazine rings is 1. The van der Waals surface area contributed by atoms with Crippen LogP contribution in [0.25, 0.3) is 0 Å². The summed E-state index contributed by atoms with van der Waals surface area (Å²) >= 11 is 0. The molecule has 1 saturated heterocycles. The van der Waals surface area contributed by atoms with Gasteiger partial charge in [0.25, 0.3) is 0 Å². The van der Waals surface area contributed by atoms with Crippen LogP contribution in [0.15, 0.2) is 24.3 Å². The predicted octanol–water partition coefficient (Wildman–Crippen LogP) is 0.550. The predicted molar refractivity (Wildman–Crippen MR) is 89.2 cm³/mol. The Bertz CT molecular complexity index is 521. The van der Waals surface area contributed by atoms with Gasteiger partial charge in [-0.3, -0.25) is 14.5 Å². The summed E-state index contributed by atoms with van der Waals surface area (Å²) in [6.45, 7) is 3.33. The topological polar surface area (TPSA) is 64.7 Å². The molecule has 0 bridgehead atoms. The minimum absolute atomic E-state index is 0. The Morgan fingerprint density at radius 2 is 1.83 bits per heavy atom. The van der Waals surface area contributed by atoms with Crippen LogP contribution in [0.5, 0.6) is 0 Å². The quantitative estimate of drug-likeness (QED) is 0.819. The fourth-order valence-electron chi connectivity index (χ4n) is 2.28. The zero-order chi connectivity index (χ0) is 15.9. The smallest absolute Gasteiger partial charge is 0.238 e. The van der Waals surface area contributed by atoms with Crippen molar-refractivity contribution < 1.29 is 14.0 Å². The summed E-state index contributed by atoms with van der Waals surface area (Å²) in [6.07, 6.45) is 0. The molecule has 2 N–H and O–H groups in total. The highest BCUT2D eigenvalue weighted by Crippen LogP contribution is 2.08. The van der Waals surface area contributed by atoms with Gasteiger partial charge >= 0.3 is 0 Å². The number of carbonyl (C=O) groups excluding carboxylic acids is 2. The van der Waals surface area contributed by atoms with E-state index in [0.29, 0.717) is 18.8 Å². The van der Waals surface area contributed by atoms with Crippen molar-refractivity contribution in [3.05, 3.63) is 30.1 Å². The number of halogens is 2. The van der Waals surface area contributed by atoms with E-state index >= 15 is 0 Å². The van der Waals surface area contributed by atoms with Crippen molar-refractivity contribution in [1.82, 2.24) is 15.1 Å². The lowest BCUT2D eigenvalue weighted by atomic mass is 10.3. The van der Waals surface area contributed by atoms with E-state index in [1.165, 1.54) is 24.3 Å². The third-order valence-electron chi connectivity index (χ3n) is 3.42. The minimum Gasteiger partial charge on any atom is -0.339 e. The molecule has 0 aromatic heterocycles. The third-order valence-corrected chi connectivity index (χ3v) is 3.42. The average molecular weight is 345 g/mol. The molecule has 1 aromatic carbocycles. The van der Waals surface area contributed by atoms with E-state index in [9.17, 15) is 14.0 Å². The van der Waals surface area contributed by atoms with Crippen molar-refractivity contribution in [3.63, 3.8) is 0 Å². The highest BCUT2D eigenvalue weighted by atomic mass is 35.5. The zero-order valence-corrected chi connectivity index (χ0v) is 13.9. The van der Waals surface area contributed by atoms with Gasteiger partial charge in [0.1, 0.15) is 5.82 Å². The van der Waals surface area contributed by atoms with Gasteiger partial charge in [-0.25, -0.2) is 4.39 Å². The lowest BCUT2D eigenvalue weighted by molar-refractivity contribution is -0.133. The van der Waals surface area contributed by atoms with Gasteiger partial charge < -0.3 is 15.5 Å². The molecular weight excluding hydrogens is 323 g/mol. The highest BCUT2D eigenvalue weighted by Gasteiger charge is 2.18. The normalized spacial score (nSPS) is 14.3. The number of hydrogen-bond acceptors (Lipinski definition) is 4. The van der Waals surface area contributed by atoms with Crippen LogP contribution in [-0.4, -0.2) is 67.9 Å². The number of hydrogen-bond donors (Lipinski definition) is 2. The molecule has 1 aromatic rings. The maximum atomic E-state index is 12.8. The first-order chi connectivity index (χ1) is 10.5. The van der Waals surface area contributed by atoms with Crippen LogP contribution in [0.2, 0.25) is 0 Å². The summed E-state index contributed by atoms with van der Waals surface area (Å²) in [7, 11) is 1.73. The van der Waals surface area contributed by atoms with Crippen molar-refractivity contribution in [2.24, 2.45) is 0 Å². The van der Waals surface area contributed by atoms with Gasteiger partial charge in [0.2, 0.25) is 11.8 Å². The number of anilines is 1. The molecule has 1 fully saturated rings. The summed E-state index contributed by atoms with van der Waals surface area (Å²) in [4.78, 5) is 27.4. The SMILES string of the molecule is CN(CC(=O)Nc1ccc(F)cc1)CC(=O)N1CCNCC1.Cl. The fourth-order valence-corrected chi connectivity index (χ4v) is 2.28. The molecule has 2 amide bonds. The minimum atomic E-state index is -0.350. The zero-order valence-electron chi connectivity index (χ0n) is 13.0. The molecular formula is C15H22ClFN4O2. The Labute approximate surface area is 141 Å².